The molecule has 0 unspecified atom stereocenters. The van der Waals surface area contributed by atoms with Gasteiger partial charge in [-0.15, -0.1) is 0 Å². The van der Waals surface area contributed by atoms with E-state index in [2.05, 4.69) is 4.90 Å². The summed E-state index contributed by atoms with van der Waals surface area (Å²) in [7, 11) is 1.57. The molecule has 0 aliphatic carbocycles. The fourth-order valence-corrected chi connectivity index (χ4v) is 4.21. The molecule has 4 rings (SSSR count). The van der Waals surface area contributed by atoms with Gasteiger partial charge in [-0.1, -0.05) is 6.07 Å². The third kappa shape index (κ3) is 3.70. The number of halogens is 1. The van der Waals surface area contributed by atoms with Crippen LogP contribution in [0.2, 0.25) is 0 Å². The van der Waals surface area contributed by atoms with Gasteiger partial charge in [0.25, 0.3) is 5.91 Å². The molecule has 29 heavy (non-hydrogen) atoms. The molecule has 1 atom stereocenters. The highest BCUT2D eigenvalue weighted by Gasteiger charge is 2.46. The second kappa shape index (κ2) is 7.83. The highest BCUT2D eigenvalue weighted by molar-refractivity contribution is 6.22. The lowest BCUT2D eigenvalue weighted by molar-refractivity contribution is -0.915. The summed E-state index contributed by atoms with van der Waals surface area (Å²) in [5.41, 5.74) is 2.45. The lowest BCUT2D eigenvalue weighted by Gasteiger charge is -2.35. The van der Waals surface area contributed by atoms with Crippen LogP contribution in [0.4, 0.5) is 15.8 Å². The summed E-state index contributed by atoms with van der Waals surface area (Å²) in [6, 6.07) is 11.5. The van der Waals surface area contributed by atoms with Gasteiger partial charge in [0, 0.05) is 11.8 Å². The number of hydrogen-bond donors (Lipinski definition) is 1. The summed E-state index contributed by atoms with van der Waals surface area (Å²) in [5.74, 6) is 0.0670. The number of benzene rings is 2. The molecule has 2 saturated heterocycles. The minimum absolute atomic E-state index is 0.142. The summed E-state index contributed by atoms with van der Waals surface area (Å²) in [4.78, 5) is 30.5. The Balaban J connectivity index is 1.46. The number of piperazine rings is 1. The summed E-state index contributed by atoms with van der Waals surface area (Å²) < 4.78 is 18.4. The van der Waals surface area contributed by atoms with Crippen LogP contribution in [0, 0.1) is 12.7 Å². The summed E-state index contributed by atoms with van der Waals surface area (Å²) >= 11 is 0. The molecule has 1 N–H and O–H groups in total. The first-order valence-corrected chi connectivity index (χ1v) is 9.84. The number of aryl methyl sites for hydroxylation is 1. The van der Waals surface area contributed by atoms with E-state index in [4.69, 9.17) is 4.74 Å². The summed E-state index contributed by atoms with van der Waals surface area (Å²) in [6.07, 6.45) is 0.224. The van der Waals surface area contributed by atoms with E-state index in [1.165, 1.54) is 17.0 Å². The van der Waals surface area contributed by atoms with E-state index in [1.54, 1.807) is 25.3 Å². The zero-order chi connectivity index (χ0) is 20.5. The van der Waals surface area contributed by atoms with Gasteiger partial charge in [-0.05, 0) is 42.8 Å². The van der Waals surface area contributed by atoms with E-state index in [0.29, 0.717) is 11.4 Å². The molecule has 0 aromatic heterocycles. The summed E-state index contributed by atoms with van der Waals surface area (Å²) in [6.45, 7) is 4.92. The minimum atomic E-state index is -0.358. The Morgan fingerprint density at radius 2 is 1.76 bits per heavy atom. The van der Waals surface area contributed by atoms with Crippen LogP contribution < -0.4 is 19.4 Å². The van der Waals surface area contributed by atoms with Crippen molar-refractivity contribution in [2.24, 2.45) is 0 Å². The maximum Gasteiger partial charge on any atom is 0.292 e. The topological polar surface area (TPSA) is 54.3 Å². The van der Waals surface area contributed by atoms with Gasteiger partial charge in [-0.3, -0.25) is 9.59 Å². The number of ether oxygens (including phenoxy) is 1. The van der Waals surface area contributed by atoms with Crippen molar-refractivity contribution < 1.29 is 23.6 Å². The number of carbonyl (C=O) groups excluding carboxylic acids is 2. The normalized spacial score (nSPS) is 20.4. The second-order valence-electron chi connectivity index (χ2n) is 7.60. The van der Waals surface area contributed by atoms with Gasteiger partial charge in [-0.25, -0.2) is 9.29 Å². The van der Waals surface area contributed by atoms with Gasteiger partial charge in [0.05, 0.1) is 45.4 Å². The largest absolute Gasteiger partial charge is 0.497 e. The van der Waals surface area contributed by atoms with Crippen LogP contribution >= 0.6 is 0 Å². The van der Waals surface area contributed by atoms with Crippen LogP contribution in [0.25, 0.3) is 0 Å². The molecule has 152 valence electrons. The zero-order valence-electron chi connectivity index (χ0n) is 16.7. The van der Waals surface area contributed by atoms with Crippen molar-refractivity contribution in [3.63, 3.8) is 0 Å². The van der Waals surface area contributed by atoms with Crippen molar-refractivity contribution in [3.05, 3.63) is 53.8 Å². The van der Waals surface area contributed by atoms with E-state index in [1.807, 2.05) is 19.1 Å². The fraction of sp³-hybridized carbons (Fsp3) is 0.364. The van der Waals surface area contributed by atoms with Gasteiger partial charge in [-0.2, -0.15) is 0 Å². The SMILES string of the molecule is COc1ccc(C)c(N2C(=O)C[C@@H]([NH+]3CCN(c4ccc(F)cc4)CC3)C2=O)c1. The second-order valence-corrected chi connectivity index (χ2v) is 7.60. The van der Waals surface area contributed by atoms with Crippen LogP contribution in [0.1, 0.15) is 12.0 Å². The van der Waals surface area contributed by atoms with Crippen molar-refractivity contribution >= 4 is 23.2 Å². The number of nitrogens with one attached hydrogen (secondary N) is 1. The first kappa shape index (κ1) is 19.4. The predicted octanol–water partition coefficient (Wildman–Crippen LogP) is 1.18. The van der Waals surface area contributed by atoms with Gasteiger partial charge < -0.3 is 14.5 Å². The molecular weight excluding hydrogens is 373 g/mol. The highest BCUT2D eigenvalue weighted by Crippen LogP contribution is 2.29. The molecule has 7 heteroatoms. The highest BCUT2D eigenvalue weighted by atomic mass is 19.1. The predicted molar refractivity (Wildman–Crippen MR) is 108 cm³/mol. The number of imide groups is 1. The summed E-state index contributed by atoms with van der Waals surface area (Å²) in [5, 5.41) is 0. The van der Waals surface area contributed by atoms with Crippen LogP contribution in [-0.2, 0) is 9.59 Å². The van der Waals surface area contributed by atoms with Crippen molar-refractivity contribution in [1.82, 2.24) is 0 Å². The molecule has 2 heterocycles. The molecule has 2 aliphatic heterocycles. The quantitative estimate of drug-likeness (QED) is 0.786. The van der Waals surface area contributed by atoms with Gasteiger partial charge in [0.1, 0.15) is 11.6 Å². The number of carbonyl (C=O) groups is 2. The zero-order valence-corrected chi connectivity index (χ0v) is 16.7. The van der Waals surface area contributed by atoms with E-state index < -0.39 is 0 Å². The Kier molecular flexibility index (Phi) is 5.24. The van der Waals surface area contributed by atoms with Crippen molar-refractivity contribution in [3.8, 4) is 5.75 Å². The minimum Gasteiger partial charge on any atom is -0.497 e. The number of hydrogen-bond acceptors (Lipinski definition) is 4. The Labute approximate surface area is 169 Å². The number of rotatable bonds is 4. The smallest absolute Gasteiger partial charge is 0.292 e. The van der Waals surface area contributed by atoms with Crippen LogP contribution in [-0.4, -0.2) is 51.1 Å². The number of nitrogens with zero attached hydrogens (tertiary/aromatic N) is 2. The Morgan fingerprint density at radius 1 is 1.07 bits per heavy atom. The Hall–Kier alpha value is -2.93. The van der Waals surface area contributed by atoms with Crippen molar-refractivity contribution in [1.29, 1.82) is 0 Å². The van der Waals surface area contributed by atoms with Crippen LogP contribution in [0.3, 0.4) is 0 Å². The molecule has 2 fully saturated rings. The van der Waals surface area contributed by atoms with Gasteiger partial charge in [0.2, 0.25) is 5.91 Å². The van der Waals surface area contributed by atoms with Crippen molar-refractivity contribution in [2.45, 2.75) is 19.4 Å². The van der Waals surface area contributed by atoms with Crippen LogP contribution in [0.5, 0.6) is 5.75 Å². The molecule has 6 nitrogen and oxygen atoms in total. The molecular formula is C22H25FN3O3+. The lowest BCUT2D eigenvalue weighted by atomic mass is 10.1. The molecule has 2 aliphatic rings. The Bertz CT molecular complexity index is 923. The molecule has 0 saturated carbocycles. The molecule has 0 bridgehead atoms. The maximum absolute atomic E-state index is 13.1. The van der Waals surface area contributed by atoms with Crippen LogP contribution in [0.15, 0.2) is 42.5 Å². The third-order valence-corrected chi connectivity index (χ3v) is 5.89. The molecule has 0 spiro atoms. The van der Waals surface area contributed by atoms with Crippen molar-refractivity contribution in [2.75, 3.05) is 43.1 Å². The van der Waals surface area contributed by atoms with Gasteiger partial charge >= 0.3 is 0 Å². The number of methoxy groups -OCH3 is 1. The average Bonchev–Trinajstić information content (AvgIpc) is 3.03. The average molecular weight is 398 g/mol. The Morgan fingerprint density at radius 3 is 2.41 bits per heavy atom. The van der Waals surface area contributed by atoms with E-state index >= 15 is 0 Å². The monoisotopic (exact) mass is 398 g/mol. The first-order valence-electron chi connectivity index (χ1n) is 9.84. The fourth-order valence-electron chi connectivity index (χ4n) is 4.21. The number of amides is 2. The maximum atomic E-state index is 13.1. The van der Waals surface area contributed by atoms with E-state index in [9.17, 15) is 14.0 Å². The molecule has 0 radical (unpaired) electrons. The van der Waals surface area contributed by atoms with E-state index in [-0.39, 0.29) is 30.1 Å². The molecule has 2 aromatic rings. The van der Waals surface area contributed by atoms with E-state index in [0.717, 1.165) is 42.3 Å². The molecule has 2 amide bonds. The third-order valence-electron chi connectivity index (χ3n) is 5.89. The molecule has 2 aromatic carbocycles. The standard InChI is InChI=1S/C22H24FN3O3/c1-15-3-8-18(29-2)13-19(15)26-21(27)14-20(22(26)28)25-11-9-24(10-12-25)17-6-4-16(23)5-7-17/h3-8,13,20H,9-12,14H2,1-2H3/p+1/t20-/m1/s1. The lowest BCUT2D eigenvalue weighted by Crippen LogP contribution is -3.19. The number of anilines is 2. The first-order chi connectivity index (χ1) is 14.0. The number of quaternary nitrogens is 1. The van der Waals surface area contributed by atoms with Gasteiger partial charge in [0.15, 0.2) is 6.04 Å².